The van der Waals surface area contributed by atoms with Crippen LogP contribution in [0.2, 0.25) is 0 Å². The highest BCUT2D eigenvalue weighted by atomic mass is 31.2. The monoisotopic (exact) mass is 652 g/mol. The number of hydrogen-bond acceptors (Lipinski definition) is 8. The SMILES string of the molecule is COC(=O)C(OP(C)(=O)Oc1ccc(COC(c2ccccc2)(c2ccc(OC)cc2)c2ccc(OC)cc2)cc1)c1ccccc1. The van der Waals surface area contributed by atoms with Crippen LogP contribution >= 0.6 is 7.60 Å². The molecule has 0 bridgehead atoms. The first-order valence-electron chi connectivity index (χ1n) is 14.9. The topological polar surface area (TPSA) is 89.5 Å². The minimum absolute atomic E-state index is 0.228. The average Bonchev–Trinajstić information content (AvgIpc) is 3.12. The maximum Gasteiger partial charge on any atom is 0.377 e. The molecule has 5 aromatic carbocycles. The average molecular weight is 653 g/mol. The fourth-order valence-electron chi connectivity index (χ4n) is 5.29. The number of carbonyl (C=O) groups is 1. The van der Waals surface area contributed by atoms with Crippen molar-refractivity contribution in [3.8, 4) is 17.2 Å². The minimum Gasteiger partial charge on any atom is -0.497 e. The Kier molecular flexibility index (Phi) is 10.8. The summed E-state index contributed by atoms with van der Waals surface area (Å²) in [5, 5.41) is 0. The summed E-state index contributed by atoms with van der Waals surface area (Å²) >= 11 is 0. The van der Waals surface area contributed by atoms with Crippen molar-refractivity contribution < 1.29 is 37.4 Å². The summed E-state index contributed by atoms with van der Waals surface area (Å²) in [4.78, 5) is 12.5. The summed E-state index contributed by atoms with van der Waals surface area (Å²) in [7, 11) is 0.775. The van der Waals surface area contributed by atoms with E-state index in [0.29, 0.717) is 11.3 Å². The fourth-order valence-corrected chi connectivity index (χ4v) is 6.43. The van der Waals surface area contributed by atoms with Gasteiger partial charge in [-0.15, -0.1) is 0 Å². The van der Waals surface area contributed by atoms with Gasteiger partial charge in [-0.2, -0.15) is 0 Å². The Hall–Kier alpha value is -4.88. The molecule has 0 radical (unpaired) electrons. The van der Waals surface area contributed by atoms with Gasteiger partial charge in [-0.25, -0.2) is 9.36 Å². The summed E-state index contributed by atoms with van der Waals surface area (Å²) < 4.78 is 47.6. The lowest BCUT2D eigenvalue weighted by Crippen LogP contribution is -2.32. The number of rotatable bonds is 14. The number of ether oxygens (including phenoxy) is 4. The van der Waals surface area contributed by atoms with E-state index < -0.39 is 25.3 Å². The van der Waals surface area contributed by atoms with E-state index in [2.05, 4.69) is 0 Å². The van der Waals surface area contributed by atoms with Crippen molar-refractivity contribution in [3.63, 3.8) is 0 Å². The molecule has 0 saturated heterocycles. The molecule has 0 saturated carbocycles. The molecule has 9 heteroatoms. The second-order valence-corrected chi connectivity index (χ2v) is 12.7. The van der Waals surface area contributed by atoms with Crippen molar-refractivity contribution >= 4 is 13.6 Å². The maximum absolute atomic E-state index is 13.4. The van der Waals surface area contributed by atoms with Gasteiger partial charge < -0.3 is 23.5 Å². The Morgan fingerprint density at radius 2 is 1.11 bits per heavy atom. The predicted octanol–water partition coefficient (Wildman–Crippen LogP) is 8.35. The Morgan fingerprint density at radius 1 is 0.638 bits per heavy atom. The number of hydrogen-bond donors (Lipinski definition) is 0. The molecule has 2 atom stereocenters. The highest BCUT2D eigenvalue weighted by molar-refractivity contribution is 7.53. The van der Waals surface area contributed by atoms with Crippen LogP contribution in [0.15, 0.2) is 133 Å². The van der Waals surface area contributed by atoms with Crippen molar-refractivity contribution in [1.82, 2.24) is 0 Å². The van der Waals surface area contributed by atoms with E-state index in [1.807, 2.05) is 97.1 Å². The summed E-state index contributed by atoms with van der Waals surface area (Å²) in [6, 6.07) is 41.5. The molecule has 0 amide bonds. The standard InChI is InChI=1S/C38H37O8P/c1-41-33-23-17-31(18-24-33)38(30-13-9-6-10-14-30,32-19-25-34(42-2)26-20-32)44-27-28-15-21-35(22-16-28)45-47(4,40)46-36(37(39)43-3)29-11-7-5-8-12-29/h5-26,36H,27H2,1-4H3. The Balaban J connectivity index is 1.41. The third-order valence-corrected chi connectivity index (χ3v) is 8.77. The molecule has 0 aromatic heterocycles. The third-order valence-electron chi connectivity index (χ3n) is 7.64. The highest BCUT2D eigenvalue weighted by Crippen LogP contribution is 2.49. The Bertz CT molecular complexity index is 1730. The second kappa shape index (κ2) is 15.1. The van der Waals surface area contributed by atoms with Gasteiger partial charge in [-0.05, 0) is 64.2 Å². The van der Waals surface area contributed by atoms with E-state index in [1.165, 1.54) is 13.8 Å². The second-order valence-electron chi connectivity index (χ2n) is 10.7. The molecular formula is C38H37O8P. The minimum atomic E-state index is -3.75. The van der Waals surface area contributed by atoms with Crippen LogP contribution in [0.5, 0.6) is 17.2 Å². The maximum atomic E-state index is 13.4. The molecule has 0 aliphatic heterocycles. The van der Waals surface area contributed by atoms with Gasteiger partial charge in [0.1, 0.15) is 22.8 Å². The van der Waals surface area contributed by atoms with Gasteiger partial charge in [0.2, 0.25) is 0 Å². The fraction of sp³-hybridized carbons (Fsp3) is 0.184. The Morgan fingerprint density at radius 3 is 1.60 bits per heavy atom. The smallest absolute Gasteiger partial charge is 0.377 e. The van der Waals surface area contributed by atoms with Crippen LogP contribution in [0.4, 0.5) is 0 Å². The van der Waals surface area contributed by atoms with E-state index >= 15 is 0 Å². The summed E-state index contributed by atoms with van der Waals surface area (Å²) in [5.41, 5.74) is 3.14. The first-order chi connectivity index (χ1) is 22.8. The summed E-state index contributed by atoms with van der Waals surface area (Å²) in [6.07, 6.45) is -1.20. The molecule has 47 heavy (non-hydrogen) atoms. The number of methoxy groups -OCH3 is 3. The van der Waals surface area contributed by atoms with Crippen LogP contribution in [-0.2, 0) is 35.6 Å². The number of benzene rings is 5. The van der Waals surface area contributed by atoms with Crippen LogP contribution < -0.4 is 14.0 Å². The Labute approximate surface area is 275 Å². The zero-order valence-electron chi connectivity index (χ0n) is 26.7. The first kappa shape index (κ1) is 33.5. The van der Waals surface area contributed by atoms with E-state index in [-0.39, 0.29) is 6.61 Å². The molecular weight excluding hydrogens is 615 g/mol. The van der Waals surface area contributed by atoms with E-state index in [0.717, 1.165) is 33.8 Å². The normalized spacial score (nSPS) is 13.2. The third kappa shape index (κ3) is 7.92. The molecule has 0 fully saturated rings. The predicted molar refractivity (Wildman–Crippen MR) is 180 cm³/mol. The van der Waals surface area contributed by atoms with E-state index in [9.17, 15) is 9.36 Å². The van der Waals surface area contributed by atoms with Crippen LogP contribution in [0.25, 0.3) is 0 Å². The van der Waals surface area contributed by atoms with Gasteiger partial charge in [0.05, 0.1) is 27.9 Å². The van der Waals surface area contributed by atoms with Gasteiger partial charge in [-0.1, -0.05) is 97.1 Å². The van der Waals surface area contributed by atoms with Gasteiger partial charge >= 0.3 is 13.6 Å². The first-order valence-corrected chi connectivity index (χ1v) is 16.9. The van der Waals surface area contributed by atoms with Crippen molar-refractivity contribution in [1.29, 1.82) is 0 Å². The van der Waals surface area contributed by atoms with Crippen LogP contribution in [-0.4, -0.2) is 34.0 Å². The van der Waals surface area contributed by atoms with Gasteiger partial charge in [0.25, 0.3) is 0 Å². The molecule has 2 unspecified atom stereocenters. The van der Waals surface area contributed by atoms with Crippen molar-refractivity contribution in [2.24, 2.45) is 0 Å². The van der Waals surface area contributed by atoms with Crippen molar-refractivity contribution in [3.05, 3.63) is 161 Å². The quantitative estimate of drug-likeness (QED) is 0.0672. The van der Waals surface area contributed by atoms with Crippen molar-refractivity contribution in [2.45, 2.75) is 18.3 Å². The molecule has 5 rings (SSSR count). The van der Waals surface area contributed by atoms with Crippen LogP contribution in [0.1, 0.15) is 33.9 Å². The van der Waals surface area contributed by atoms with Gasteiger partial charge in [0.15, 0.2) is 6.10 Å². The summed E-state index contributed by atoms with van der Waals surface area (Å²) in [5.74, 6) is 1.11. The van der Waals surface area contributed by atoms with E-state index in [4.69, 9.17) is 28.0 Å². The molecule has 242 valence electrons. The van der Waals surface area contributed by atoms with Crippen molar-refractivity contribution in [2.75, 3.05) is 28.0 Å². The molecule has 5 aromatic rings. The molecule has 0 aliphatic carbocycles. The lowest BCUT2D eigenvalue weighted by molar-refractivity contribution is -0.149. The lowest BCUT2D eigenvalue weighted by atomic mass is 9.80. The van der Waals surface area contributed by atoms with Crippen LogP contribution in [0, 0.1) is 0 Å². The van der Waals surface area contributed by atoms with Gasteiger partial charge in [-0.3, -0.25) is 4.52 Å². The summed E-state index contributed by atoms with van der Waals surface area (Å²) in [6.45, 7) is 1.55. The zero-order chi connectivity index (χ0) is 33.3. The number of esters is 1. The van der Waals surface area contributed by atoms with Gasteiger partial charge in [0, 0.05) is 6.66 Å². The highest BCUT2D eigenvalue weighted by Gasteiger charge is 2.38. The molecule has 0 N–H and O–H groups in total. The number of carbonyl (C=O) groups excluding carboxylic acids is 1. The largest absolute Gasteiger partial charge is 0.497 e. The molecule has 0 spiro atoms. The van der Waals surface area contributed by atoms with E-state index in [1.54, 1.807) is 50.6 Å². The zero-order valence-corrected chi connectivity index (χ0v) is 27.6. The molecule has 0 aliphatic rings. The molecule has 0 heterocycles. The van der Waals surface area contributed by atoms with Crippen LogP contribution in [0.3, 0.4) is 0 Å². The molecule has 8 nitrogen and oxygen atoms in total. The lowest BCUT2D eigenvalue weighted by Gasteiger charge is -2.36.